The number of hydrogen-bond acceptors (Lipinski definition) is 5. The van der Waals surface area contributed by atoms with Crippen LogP contribution in [-0.2, 0) is 21.7 Å². The summed E-state index contributed by atoms with van der Waals surface area (Å²) in [5.74, 6) is -0.433. The smallest absolute Gasteiger partial charge is 0.325 e. The van der Waals surface area contributed by atoms with Crippen LogP contribution in [0.4, 0.5) is 4.79 Å². The lowest BCUT2D eigenvalue weighted by Crippen LogP contribution is -2.41. The Morgan fingerprint density at radius 3 is 2.48 bits per heavy atom. The Kier molecular flexibility index (Phi) is 6.15. The molecule has 2 aromatic carbocycles. The molecular weight excluding hydrogens is 440 g/mol. The SMILES string of the molecule is COc1ccc(C2(C)NC(=O)N(CC(=O)N=c3sccn3Cc3ccc(C)cc3)C2=O)cc1. The molecule has 1 atom stereocenters. The van der Waals surface area contributed by atoms with E-state index in [4.69, 9.17) is 4.74 Å². The third-order valence-corrected chi connectivity index (χ3v) is 6.38. The molecule has 8 nitrogen and oxygen atoms in total. The number of amides is 4. The fraction of sp³-hybridized carbons (Fsp3) is 0.250. The Bertz CT molecular complexity index is 1260. The first-order chi connectivity index (χ1) is 15.8. The molecule has 3 aromatic rings. The largest absolute Gasteiger partial charge is 0.497 e. The van der Waals surface area contributed by atoms with Crippen LogP contribution in [0.3, 0.4) is 0 Å². The molecule has 170 valence electrons. The first-order valence-corrected chi connectivity index (χ1v) is 11.2. The van der Waals surface area contributed by atoms with E-state index in [0.717, 1.165) is 10.5 Å². The van der Waals surface area contributed by atoms with Gasteiger partial charge in [-0.1, -0.05) is 42.0 Å². The Morgan fingerprint density at radius 1 is 1.12 bits per heavy atom. The number of urea groups is 1. The van der Waals surface area contributed by atoms with E-state index in [1.165, 1.54) is 16.9 Å². The minimum Gasteiger partial charge on any atom is -0.497 e. The Morgan fingerprint density at radius 2 is 1.82 bits per heavy atom. The number of nitrogens with one attached hydrogen (secondary N) is 1. The molecule has 1 aromatic heterocycles. The van der Waals surface area contributed by atoms with Crippen molar-refractivity contribution in [3.8, 4) is 5.75 Å². The molecule has 1 N–H and O–H groups in total. The van der Waals surface area contributed by atoms with Gasteiger partial charge in [0.2, 0.25) is 0 Å². The van der Waals surface area contributed by atoms with Gasteiger partial charge in [-0.25, -0.2) is 4.79 Å². The maximum absolute atomic E-state index is 13.1. The van der Waals surface area contributed by atoms with E-state index in [-0.39, 0.29) is 0 Å². The third kappa shape index (κ3) is 4.58. The molecule has 1 aliphatic heterocycles. The number of carbonyl (C=O) groups is 3. The summed E-state index contributed by atoms with van der Waals surface area (Å²) in [6.07, 6.45) is 1.85. The quantitative estimate of drug-likeness (QED) is 0.568. The van der Waals surface area contributed by atoms with Crippen LogP contribution >= 0.6 is 11.3 Å². The predicted octanol–water partition coefficient (Wildman–Crippen LogP) is 2.81. The molecule has 0 bridgehead atoms. The summed E-state index contributed by atoms with van der Waals surface area (Å²) in [4.78, 5) is 43.9. The van der Waals surface area contributed by atoms with Gasteiger partial charge in [-0.05, 0) is 37.1 Å². The molecule has 0 saturated carbocycles. The van der Waals surface area contributed by atoms with Gasteiger partial charge < -0.3 is 14.6 Å². The number of carbonyl (C=O) groups excluding carboxylic acids is 3. The van der Waals surface area contributed by atoms with E-state index in [1.54, 1.807) is 38.3 Å². The number of hydrogen-bond donors (Lipinski definition) is 1. The third-order valence-electron chi connectivity index (χ3n) is 5.59. The van der Waals surface area contributed by atoms with Crippen molar-refractivity contribution in [3.05, 3.63) is 81.6 Å². The standard InChI is InChI=1S/C24H24N4O4S/c1-16-4-6-17(7-5-16)14-27-12-13-33-23(27)25-20(29)15-28-21(30)24(2,26-22(28)31)18-8-10-19(32-3)11-9-18/h4-13H,14-15H2,1-3H3,(H,26,31). The van der Waals surface area contributed by atoms with E-state index in [1.807, 2.05) is 47.3 Å². The Labute approximate surface area is 195 Å². The highest BCUT2D eigenvalue weighted by Gasteiger charge is 2.49. The van der Waals surface area contributed by atoms with Crippen LogP contribution in [0.1, 0.15) is 23.6 Å². The first kappa shape index (κ1) is 22.5. The molecule has 0 spiro atoms. The van der Waals surface area contributed by atoms with E-state index in [0.29, 0.717) is 22.7 Å². The normalized spacial score (nSPS) is 18.5. The number of aryl methyl sites for hydroxylation is 1. The van der Waals surface area contributed by atoms with Crippen LogP contribution in [-0.4, -0.2) is 41.0 Å². The molecular formula is C24H24N4O4S. The summed E-state index contributed by atoms with van der Waals surface area (Å²) in [7, 11) is 1.55. The molecule has 1 saturated heterocycles. The van der Waals surface area contributed by atoms with Gasteiger partial charge in [0.1, 0.15) is 17.8 Å². The van der Waals surface area contributed by atoms with Crippen molar-refractivity contribution < 1.29 is 19.1 Å². The molecule has 0 radical (unpaired) electrons. The van der Waals surface area contributed by atoms with Gasteiger partial charge in [0.25, 0.3) is 11.8 Å². The van der Waals surface area contributed by atoms with Crippen molar-refractivity contribution >= 4 is 29.2 Å². The van der Waals surface area contributed by atoms with Crippen molar-refractivity contribution in [3.63, 3.8) is 0 Å². The van der Waals surface area contributed by atoms with E-state index in [2.05, 4.69) is 10.3 Å². The van der Waals surface area contributed by atoms with Crippen LogP contribution in [0.2, 0.25) is 0 Å². The lowest BCUT2D eigenvalue weighted by atomic mass is 9.92. The lowest BCUT2D eigenvalue weighted by Gasteiger charge is -2.22. The van der Waals surface area contributed by atoms with Crippen LogP contribution < -0.4 is 14.9 Å². The number of rotatable bonds is 6. The monoisotopic (exact) mass is 464 g/mol. The predicted molar refractivity (Wildman–Crippen MR) is 124 cm³/mol. The Balaban J connectivity index is 1.50. The van der Waals surface area contributed by atoms with Gasteiger partial charge in [0.05, 0.1) is 7.11 Å². The molecule has 4 amide bonds. The van der Waals surface area contributed by atoms with Gasteiger partial charge in [0, 0.05) is 18.1 Å². The molecule has 1 fully saturated rings. The van der Waals surface area contributed by atoms with Crippen LogP contribution in [0.25, 0.3) is 0 Å². The molecule has 1 unspecified atom stereocenters. The van der Waals surface area contributed by atoms with Gasteiger partial charge in [-0.3, -0.25) is 14.5 Å². The van der Waals surface area contributed by atoms with Crippen molar-refractivity contribution in [1.82, 2.24) is 14.8 Å². The topological polar surface area (TPSA) is 93.0 Å². The van der Waals surface area contributed by atoms with Gasteiger partial charge in [-0.15, -0.1) is 11.3 Å². The molecule has 33 heavy (non-hydrogen) atoms. The van der Waals surface area contributed by atoms with Gasteiger partial charge in [-0.2, -0.15) is 4.99 Å². The van der Waals surface area contributed by atoms with Crippen molar-refractivity contribution in [2.45, 2.75) is 25.9 Å². The van der Waals surface area contributed by atoms with Crippen molar-refractivity contribution in [2.75, 3.05) is 13.7 Å². The fourth-order valence-electron chi connectivity index (χ4n) is 3.64. The van der Waals surface area contributed by atoms with E-state index in [9.17, 15) is 14.4 Å². The first-order valence-electron chi connectivity index (χ1n) is 10.4. The van der Waals surface area contributed by atoms with E-state index < -0.39 is 29.9 Å². The second-order valence-corrected chi connectivity index (χ2v) is 8.85. The number of ether oxygens (including phenoxy) is 1. The fourth-order valence-corrected chi connectivity index (χ4v) is 4.38. The minimum absolute atomic E-state index is 0.432. The molecule has 4 rings (SSSR count). The molecule has 0 aliphatic carbocycles. The number of aromatic nitrogens is 1. The number of imide groups is 1. The van der Waals surface area contributed by atoms with Gasteiger partial charge >= 0.3 is 6.03 Å². The number of thiazole rings is 1. The van der Waals surface area contributed by atoms with Crippen LogP contribution in [0.15, 0.2) is 65.1 Å². The van der Waals surface area contributed by atoms with Crippen molar-refractivity contribution in [1.29, 1.82) is 0 Å². The summed E-state index contributed by atoms with van der Waals surface area (Å²) in [6.45, 7) is 3.77. The summed E-state index contributed by atoms with van der Waals surface area (Å²) < 4.78 is 7.01. The van der Waals surface area contributed by atoms with E-state index >= 15 is 0 Å². The Hall–Kier alpha value is -3.72. The maximum Gasteiger partial charge on any atom is 0.325 e. The molecule has 1 aliphatic rings. The zero-order valence-corrected chi connectivity index (χ0v) is 19.4. The second-order valence-electron chi connectivity index (χ2n) is 7.98. The zero-order chi connectivity index (χ0) is 23.6. The highest BCUT2D eigenvalue weighted by atomic mass is 32.1. The summed E-state index contributed by atoms with van der Waals surface area (Å²) in [5, 5.41) is 4.54. The average Bonchev–Trinajstić information content (AvgIpc) is 3.32. The van der Waals surface area contributed by atoms with Crippen LogP contribution in [0.5, 0.6) is 5.75 Å². The van der Waals surface area contributed by atoms with Gasteiger partial charge in [0.15, 0.2) is 4.80 Å². The number of benzene rings is 2. The summed E-state index contributed by atoms with van der Waals surface area (Å²) in [5.41, 5.74) is 1.59. The highest BCUT2D eigenvalue weighted by molar-refractivity contribution is 7.07. The lowest BCUT2D eigenvalue weighted by molar-refractivity contribution is -0.134. The van der Waals surface area contributed by atoms with Crippen LogP contribution in [0, 0.1) is 6.92 Å². The number of nitrogens with zero attached hydrogens (tertiary/aromatic N) is 3. The highest BCUT2D eigenvalue weighted by Crippen LogP contribution is 2.29. The molecule has 2 heterocycles. The maximum atomic E-state index is 13.1. The van der Waals surface area contributed by atoms with Crippen molar-refractivity contribution in [2.24, 2.45) is 4.99 Å². The number of methoxy groups -OCH3 is 1. The average molecular weight is 465 g/mol. The minimum atomic E-state index is -1.27. The second kappa shape index (κ2) is 9.03. The zero-order valence-electron chi connectivity index (χ0n) is 18.6. The molecule has 9 heteroatoms. The summed E-state index contributed by atoms with van der Waals surface area (Å²) in [6, 6.07) is 14.3. The summed E-state index contributed by atoms with van der Waals surface area (Å²) >= 11 is 1.32.